The van der Waals surface area contributed by atoms with Gasteiger partial charge in [0.25, 0.3) is 0 Å². The molecule has 1 aliphatic carbocycles. The van der Waals surface area contributed by atoms with E-state index in [4.69, 9.17) is 27.6 Å². The molecule has 0 atom stereocenters. The van der Waals surface area contributed by atoms with Gasteiger partial charge in [-0.05, 0) is 48.6 Å². The fourth-order valence-electron chi connectivity index (χ4n) is 3.82. The second kappa shape index (κ2) is 9.19. The van der Waals surface area contributed by atoms with Gasteiger partial charge in [-0.15, -0.1) is 10.2 Å². The molecule has 0 aliphatic heterocycles. The second-order valence-electron chi connectivity index (χ2n) is 7.63. The molecule has 0 saturated heterocycles. The van der Waals surface area contributed by atoms with Gasteiger partial charge in [-0.3, -0.25) is 4.79 Å². The number of rotatable bonds is 8. The lowest BCUT2D eigenvalue weighted by Gasteiger charge is -2.39. The van der Waals surface area contributed by atoms with Crippen LogP contribution in [0.4, 0.5) is 0 Å². The Morgan fingerprint density at radius 1 is 1.03 bits per heavy atom. The van der Waals surface area contributed by atoms with Crippen LogP contribution in [-0.2, 0) is 23.1 Å². The van der Waals surface area contributed by atoms with Gasteiger partial charge in [-0.25, -0.2) is 0 Å². The predicted octanol–water partition coefficient (Wildman–Crippen LogP) is 5.14. The summed E-state index contributed by atoms with van der Waals surface area (Å²) in [5, 5.41) is 12.8. The highest BCUT2D eigenvalue weighted by Crippen LogP contribution is 2.48. The molecule has 156 valence electrons. The Labute approximate surface area is 185 Å². The van der Waals surface area contributed by atoms with Crippen molar-refractivity contribution in [3.8, 4) is 0 Å². The van der Waals surface area contributed by atoms with E-state index < -0.39 is 0 Å². The molecule has 1 heterocycles. The molecule has 0 radical (unpaired) electrons. The van der Waals surface area contributed by atoms with Crippen LogP contribution < -0.4 is 5.32 Å². The zero-order valence-corrected chi connectivity index (χ0v) is 18.0. The Morgan fingerprint density at radius 3 is 2.50 bits per heavy atom. The van der Waals surface area contributed by atoms with E-state index in [2.05, 4.69) is 15.5 Å². The van der Waals surface area contributed by atoms with E-state index in [0.717, 1.165) is 35.4 Å². The lowest BCUT2D eigenvalue weighted by Crippen LogP contribution is -2.35. The summed E-state index contributed by atoms with van der Waals surface area (Å²) < 4.78 is 5.96. The molecule has 0 bridgehead atoms. The lowest BCUT2D eigenvalue weighted by atomic mass is 9.64. The number of aryl methyl sites for hydroxylation is 1. The van der Waals surface area contributed by atoms with Crippen LogP contribution >= 0.6 is 23.2 Å². The Morgan fingerprint density at radius 2 is 1.80 bits per heavy atom. The van der Waals surface area contributed by atoms with Crippen molar-refractivity contribution >= 4 is 29.1 Å². The highest BCUT2D eigenvalue weighted by Gasteiger charge is 2.45. The number of hydrogen-bond acceptors (Lipinski definition) is 4. The SMILES string of the molecule is O=C(CCc1nnc(C2(c3ccc(Cl)cc3)CCC2)o1)NCCc1ccccc1Cl. The molecule has 2 aromatic carbocycles. The van der Waals surface area contributed by atoms with Crippen LogP contribution in [0.5, 0.6) is 0 Å². The number of halogens is 2. The first-order valence-corrected chi connectivity index (χ1v) is 10.9. The molecule has 0 unspecified atom stereocenters. The van der Waals surface area contributed by atoms with Crippen molar-refractivity contribution in [2.24, 2.45) is 0 Å². The van der Waals surface area contributed by atoms with Gasteiger partial charge >= 0.3 is 0 Å². The van der Waals surface area contributed by atoms with Gasteiger partial charge in [0.2, 0.25) is 17.7 Å². The number of benzene rings is 2. The highest BCUT2D eigenvalue weighted by molar-refractivity contribution is 6.31. The molecular weight excluding hydrogens is 421 g/mol. The van der Waals surface area contributed by atoms with E-state index in [1.807, 2.05) is 48.5 Å². The van der Waals surface area contributed by atoms with Crippen molar-refractivity contribution < 1.29 is 9.21 Å². The molecule has 1 saturated carbocycles. The molecule has 5 nitrogen and oxygen atoms in total. The Kier molecular flexibility index (Phi) is 6.40. The third-order valence-electron chi connectivity index (χ3n) is 5.72. The number of carbonyl (C=O) groups is 1. The number of nitrogens with one attached hydrogen (secondary N) is 1. The van der Waals surface area contributed by atoms with Crippen LogP contribution in [0.3, 0.4) is 0 Å². The average molecular weight is 444 g/mol. The van der Waals surface area contributed by atoms with E-state index >= 15 is 0 Å². The van der Waals surface area contributed by atoms with Crippen LogP contribution in [0.1, 0.15) is 48.6 Å². The summed E-state index contributed by atoms with van der Waals surface area (Å²) in [6, 6.07) is 15.5. The number of carbonyl (C=O) groups excluding carboxylic acids is 1. The van der Waals surface area contributed by atoms with Crippen LogP contribution in [0.15, 0.2) is 52.9 Å². The normalized spacial score (nSPS) is 14.9. The molecule has 1 fully saturated rings. The van der Waals surface area contributed by atoms with Gasteiger partial charge in [-0.1, -0.05) is 60.0 Å². The summed E-state index contributed by atoms with van der Waals surface area (Å²) in [4.78, 5) is 12.2. The van der Waals surface area contributed by atoms with Crippen LogP contribution in [0.2, 0.25) is 10.0 Å². The maximum absolute atomic E-state index is 12.2. The van der Waals surface area contributed by atoms with Crippen molar-refractivity contribution in [2.45, 2.75) is 43.9 Å². The monoisotopic (exact) mass is 443 g/mol. The number of hydrogen-bond donors (Lipinski definition) is 1. The minimum absolute atomic E-state index is 0.0436. The number of amides is 1. The summed E-state index contributed by atoms with van der Waals surface area (Å²) in [7, 11) is 0. The maximum Gasteiger partial charge on any atom is 0.227 e. The van der Waals surface area contributed by atoms with Crippen molar-refractivity contribution in [1.82, 2.24) is 15.5 Å². The minimum atomic E-state index is -0.229. The molecule has 3 aromatic rings. The fourth-order valence-corrected chi connectivity index (χ4v) is 4.18. The summed E-state index contributed by atoms with van der Waals surface area (Å²) in [5.74, 6) is 1.08. The molecule has 1 aliphatic rings. The summed E-state index contributed by atoms with van der Waals surface area (Å²) in [6.07, 6.45) is 4.48. The van der Waals surface area contributed by atoms with Crippen molar-refractivity contribution in [2.75, 3.05) is 6.54 Å². The second-order valence-corrected chi connectivity index (χ2v) is 8.48. The van der Waals surface area contributed by atoms with Gasteiger partial charge in [0, 0.05) is 29.4 Å². The van der Waals surface area contributed by atoms with E-state index in [0.29, 0.717) is 42.6 Å². The van der Waals surface area contributed by atoms with Crippen LogP contribution in [-0.4, -0.2) is 22.6 Å². The molecular formula is C23H23Cl2N3O2. The molecule has 30 heavy (non-hydrogen) atoms. The third kappa shape index (κ3) is 4.52. The standard InChI is InChI=1S/C23H23Cl2N3O2/c24-18-8-6-17(7-9-18)23(13-3-14-23)22-28-27-21(30-22)11-10-20(29)26-15-12-16-4-1-2-5-19(16)25/h1-2,4-9H,3,10-15H2,(H,26,29). The van der Waals surface area contributed by atoms with Crippen molar-refractivity contribution in [3.63, 3.8) is 0 Å². The summed E-state index contributed by atoms with van der Waals surface area (Å²) in [6.45, 7) is 0.539. The first kappa shape index (κ1) is 20.9. The molecule has 1 N–H and O–H groups in total. The quantitative estimate of drug-likeness (QED) is 0.523. The smallest absolute Gasteiger partial charge is 0.227 e. The van der Waals surface area contributed by atoms with E-state index in [1.54, 1.807) is 0 Å². The minimum Gasteiger partial charge on any atom is -0.424 e. The maximum atomic E-state index is 12.2. The van der Waals surface area contributed by atoms with Gasteiger partial charge in [0.15, 0.2) is 0 Å². The fraction of sp³-hybridized carbons (Fsp3) is 0.348. The first-order chi connectivity index (χ1) is 14.6. The van der Waals surface area contributed by atoms with Crippen molar-refractivity contribution in [3.05, 3.63) is 81.5 Å². The molecule has 7 heteroatoms. The summed E-state index contributed by atoms with van der Waals surface area (Å²) >= 11 is 12.2. The molecule has 1 aromatic heterocycles. The zero-order chi connectivity index (χ0) is 21.0. The van der Waals surface area contributed by atoms with E-state index in [1.165, 1.54) is 0 Å². The van der Waals surface area contributed by atoms with Crippen LogP contribution in [0, 0.1) is 0 Å². The number of nitrogens with zero attached hydrogens (tertiary/aromatic N) is 2. The highest BCUT2D eigenvalue weighted by atomic mass is 35.5. The zero-order valence-electron chi connectivity index (χ0n) is 16.5. The topological polar surface area (TPSA) is 68.0 Å². The first-order valence-electron chi connectivity index (χ1n) is 10.2. The van der Waals surface area contributed by atoms with Crippen molar-refractivity contribution in [1.29, 1.82) is 0 Å². The predicted molar refractivity (Wildman–Crippen MR) is 117 cm³/mol. The largest absolute Gasteiger partial charge is 0.424 e. The Balaban J connectivity index is 1.30. The number of aromatic nitrogens is 2. The average Bonchev–Trinajstić information content (AvgIpc) is 3.17. The third-order valence-corrected chi connectivity index (χ3v) is 6.34. The Hall–Kier alpha value is -2.37. The van der Waals surface area contributed by atoms with E-state index in [9.17, 15) is 4.79 Å². The lowest BCUT2D eigenvalue weighted by molar-refractivity contribution is -0.121. The van der Waals surface area contributed by atoms with Gasteiger partial charge in [-0.2, -0.15) is 0 Å². The Bertz CT molecular complexity index is 1010. The van der Waals surface area contributed by atoms with Crippen LogP contribution in [0.25, 0.3) is 0 Å². The molecule has 1 amide bonds. The van der Waals surface area contributed by atoms with E-state index in [-0.39, 0.29) is 11.3 Å². The molecule has 0 spiro atoms. The summed E-state index contributed by atoms with van der Waals surface area (Å²) in [5.41, 5.74) is 1.94. The van der Waals surface area contributed by atoms with Gasteiger partial charge in [0.05, 0.1) is 5.41 Å². The molecule has 4 rings (SSSR count). The van der Waals surface area contributed by atoms with Gasteiger partial charge < -0.3 is 9.73 Å². The van der Waals surface area contributed by atoms with Gasteiger partial charge in [0.1, 0.15) is 0 Å².